The van der Waals surface area contributed by atoms with Gasteiger partial charge in [0.15, 0.2) is 0 Å². The first-order valence-corrected chi connectivity index (χ1v) is 8.68. The van der Waals surface area contributed by atoms with E-state index in [0.29, 0.717) is 6.04 Å². The van der Waals surface area contributed by atoms with Crippen molar-refractivity contribution in [3.05, 3.63) is 76.5 Å². The Labute approximate surface area is 140 Å². The first-order chi connectivity index (χ1) is 11.0. The third-order valence-corrected chi connectivity index (χ3v) is 5.12. The van der Waals surface area contributed by atoms with E-state index < -0.39 is 0 Å². The predicted molar refractivity (Wildman–Crippen MR) is 100 cm³/mol. The van der Waals surface area contributed by atoms with E-state index in [1.165, 1.54) is 33.5 Å². The molecule has 1 aromatic rings. The van der Waals surface area contributed by atoms with Crippen molar-refractivity contribution in [2.24, 2.45) is 0 Å². The lowest BCUT2D eigenvalue weighted by Gasteiger charge is -2.40. The summed E-state index contributed by atoms with van der Waals surface area (Å²) in [7, 11) is 0. The van der Waals surface area contributed by atoms with Gasteiger partial charge in [0.2, 0.25) is 0 Å². The molecule has 1 heteroatoms. The van der Waals surface area contributed by atoms with Crippen LogP contribution >= 0.6 is 0 Å². The molecule has 120 valence electrons. The Balaban J connectivity index is 2.15. The highest BCUT2D eigenvalue weighted by Gasteiger charge is 2.29. The minimum absolute atomic E-state index is 0.466. The highest BCUT2D eigenvalue weighted by atomic mass is 15.2. The molecule has 0 aliphatic carbocycles. The van der Waals surface area contributed by atoms with Crippen LogP contribution in [0.1, 0.15) is 49.9 Å². The summed E-state index contributed by atoms with van der Waals surface area (Å²) in [5, 5.41) is 0. The molecule has 0 amide bonds. The second-order valence-corrected chi connectivity index (χ2v) is 6.82. The molecule has 1 atom stereocenters. The number of hydrogen-bond acceptors (Lipinski definition) is 1. The van der Waals surface area contributed by atoms with Crippen molar-refractivity contribution in [2.45, 2.75) is 53.0 Å². The van der Waals surface area contributed by atoms with Crippen LogP contribution in [0.5, 0.6) is 0 Å². The average Bonchev–Trinajstić information content (AvgIpc) is 2.53. The van der Waals surface area contributed by atoms with Gasteiger partial charge in [-0.25, -0.2) is 0 Å². The van der Waals surface area contributed by atoms with Gasteiger partial charge in [-0.15, -0.1) is 0 Å². The topological polar surface area (TPSA) is 3.24 Å². The molecule has 0 aromatic heterocycles. The second kappa shape index (κ2) is 5.88. The van der Waals surface area contributed by atoms with Crippen molar-refractivity contribution in [3.63, 3.8) is 0 Å². The van der Waals surface area contributed by atoms with Crippen molar-refractivity contribution < 1.29 is 0 Å². The minimum Gasteiger partial charge on any atom is -0.344 e. The standard InChI is InChI=1S/C22H27N/c1-7-17-11-19-10-16(6)23-13-21(14(3)4)15(5)9-22(23)20(19)12-18(17)8-2/h9,11-13,16H,3,5,7-8,10H2,1-2,4,6H3. The van der Waals surface area contributed by atoms with Crippen molar-refractivity contribution in [1.82, 2.24) is 4.90 Å². The van der Waals surface area contributed by atoms with E-state index in [1.807, 2.05) is 0 Å². The summed E-state index contributed by atoms with van der Waals surface area (Å²) >= 11 is 0. The molecule has 0 bridgehead atoms. The zero-order valence-corrected chi connectivity index (χ0v) is 14.9. The van der Waals surface area contributed by atoms with Gasteiger partial charge in [0.25, 0.3) is 0 Å². The Morgan fingerprint density at radius 3 is 2.48 bits per heavy atom. The maximum absolute atomic E-state index is 4.25. The van der Waals surface area contributed by atoms with Crippen LogP contribution in [0.4, 0.5) is 0 Å². The average molecular weight is 305 g/mol. The molecule has 0 saturated heterocycles. The molecule has 1 unspecified atom stereocenters. The lowest BCUT2D eigenvalue weighted by molar-refractivity contribution is 0.388. The highest BCUT2D eigenvalue weighted by molar-refractivity contribution is 5.77. The summed E-state index contributed by atoms with van der Waals surface area (Å²) in [6, 6.07) is 5.31. The number of rotatable bonds is 3. The van der Waals surface area contributed by atoms with Gasteiger partial charge in [0.05, 0.1) is 0 Å². The number of nitrogens with zero attached hydrogens (tertiary/aromatic N) is 1. The summed E-state index contributed by atoms with van der Waals surface area (Å²) in [6.07, 6.45) is 7.78. The van der Waals surface area contributed by atoms with Crippen molar-refractivity contribution >= 4 is 5.70 Å². The third kappa shape index (κ3) is 2.59. The van der Waals surface area contributed by atoms with Crippen LogP contribution < -0.4 is 0 Å². The second-order valence-electron chi connectivity index (χ2n) is 6.82. The lowest BCUT2D eigenvalue weighted by Crippen LogP contribution is -2.35. The van der Waals surface area contributed by atoms with Gasteiger partial charge >= 0.3 is 0 Å². The van der Waals surface area contributed by atoms with E-state index in [2.05, 4.69) is 70.2 Å². The molecule has 2 heterocycles. The van der Waals surface area contributed by atoms with Crippen molar-refractivity contribution in [2.75, 3.05) is 0 Å². The molecule has 0 fully saturated rings. The molecule has 3 rings (SSSR count). The molecule has 2 aliphatic rings. The normalized spacial score (nSPS) is 19.7. The van der Waals surface area contributed by atoms with Crippen LogP contribution in [0.2, 0.25) is 0 Å². The Hall–Kier alpha value is -2.02. The summed E-state index contributed by atoms with van der Waals surface area (Å²) in [5.41, 5.74) is 10.5. The molecule has 1 nitrogen and oxygen atoms in total. The van der Waals surface area contributed by atoms with E-state index in [9.17, 15) is 0 Å². The summed E-state index contributed by atoms with van der Waals surface area (Å²) in [5.74, 6) is 0. The Morgan fingerprint density at radius 1 is 1.22 bits per heavy atom. The molecule has 1 aromatic carbocycles. The van der Waals surface area contributed by atoms with Gasteiger partial charge in [0.1, 0.15) is 0 Å². The van der Waals surface area contributed by atoms with Crippen LogP contribution in [0, 0.1) is 0 Å². The van der Waals surface area contributed by atoms with Gasteiger partial charge in [-0.2, -0.15) is 0 Å². The maximum Gasteiger partial charge on any atom is 0.0491 e. The Bertz CT molecular complexity index is 745. The minimum atomic E-state index is 0.466. The van der Waals surface area contributed by atoms with E-state index >= 15 is 0 Å². The van der Waals surface area contributed by atoms with Crippen LogP contribution in [0.3, 0.4) is 0 Å². The van der Waals surface area contributed by atoms with Gasteiger partial charge in [-0.1, -0.05) is 33.1 Å². The van der Waals surface area contributed by atoms with Gasteiger partial charge in [0, 0.05) is 23.5 Å². The molecular formula is C22H27N. The zero-order valence-electron chi connectivity index (χ0n) is 14.9. The Kier molecular flexibility index (Phi) is 4.06. The van der Waals surface area contributed by atoms with Gasteiger partial charge in [-0.3, -0.25) is 0 Å². The molecule has 2 aliphatic heterocycles. The smallest absolute Gasteiger partial charge is 0.0491 e. The highest BCUT2D eigenvalue weighted by Crippen LogP contribution is 2.40. The van der Waals surface area contributed by atoms with E-state index in [-0.39, 0.29) is 0 Å². The first-order valence-electron chi connectivity index (χ1n) is 8.68. The summed E-state index contributed by atoms with van der Waals surface area (Å²) < 4.78 is 0. The number of hydrogen-bond donors (Lipinski definition) is 0. The number of benzene rings is 1. The van der Waals surface area contributed by atoms with Crippen LogP contribution in [0.25, 0.3) is 5.70 Å². The van der Waals surface area contributed by atoms with E-state index in [0.717, 1.165) is 30.4 Å². The van der Waals surface area contributed by atoms with Crippen LogP contribution in [-0.2, 0) is 19.3 Å². The fraction of sp³-hybridized carbons (Fsp3) is 0.364. The largest absolute Gasteiger partial charge is 0.344 e. The number of aryl methyl sites for hydroxylation is 2. The molecule has 0 spiro atoms. The van der Waals surface area contributed by atoms with E-state index in [1.54, 1.807) is 0 Å². The summed E-state index contributed by atoms with van der Waals surface area (Å²) in [4.78, 5) is 2.41. The summed E-state index contributed by atoms with van der Waals surface area (Å²) in [6.45, 7) is 17.2. The zero-order chi connectivity index (χ0) is 16.7. The SMILES string of the molecule is C=C(C)C1=CN2C(=CC1=C)c1cc(CC)c(CC)cc1CC2C. The lowest BCUT2D eigenvalue weighted by atomic mass is 9.84. The number of fused-ring (bicyclic) bond motifs is 3. The van der Waals surface area contributed by atoms with Gasteiger partial charge < -0.3 is 4.90 Å². The van der Waals surface area contributed by atoms with Gasteiger partial charge in [-0.05, 0) is 78.7 Å². The number of allylic oxidation sites excluding steroid dienone is 4. The fourth-order valence-corrected chi connectivity index (χ4v) is 3.80. The third-order valence-electron chi connectivity index (χ3n) is 5.12. The first kappa shape index (κ1) is 15.9. The molecular weight excluding hydrogens is 278 g/mol. The molecule has 0 saturated carbocycles. The fourth-order valence-electron chi connectivity index (χ4n) is 3.80. The van der Waals surface area contributed by atoms with E-state index in [4.69, 9.17) is 0 Å². The van der Waals surface area contributed by atoms with Crippen molar-refractivity contribution in [1.29, 1.82) is 0 Å². The quantitative estimate of drug-likeness (QED) is 0.720. The molecule has 0 N–H and O–H groups in total. The maximum atomic E-state index is 4.25. The van der Waals surface area contributed by atoms with Crippen LogP contribution in [0.15, 0.2) is 54.3 Å². The monoisotopic (exact) mass is 305 g/mol. The predicted octanol–water partition coefficient (Wildman–Crippen LogP) is 5.43. The molecule has 23 heavy (non-hydrogen) atoms. The Morgan fingerprint density at radius 2 is 1.87 bits per heavy atom. The van der Waals surface area contributed by atoms with Crippen LogP contribution in [-0.4, -0.2) is 10.9 Å². The molecule has 0 radical (unpaired) electrons. The van der Waals surface area contributed by atoms with Crippen molar-refractivity contribution in [3.8, 4) is 0 Å².